The predicted octanol–water partition coefficient (Wildman–Crippen LogP) is 1.91. The van der Waals surface area contributed by atoms with Crippen molar-refractivity contribution < 1.29 is 24.6 Å². The predicted molar refractivity (Wildman–Crippen MR) is 125 cm³/mol. The van der Waals surface area contributed by atoms with Crippen LogP contribution in [-0.4, -0.2) is 59.0 Å². The van der Waals surface area contributed by atoms with Crippen LogP contribution in [0.2, 0.25) is 0 Å². The molecule has 2 aromatic rings. The maximum absolute atomic E-state index is 12.9. The molecule has 33 heavy (non-hydrogen) atoms. The summed E-state index contributed by atoms with van der Waals surface area (Å²) in [4.78, 5) is 38.8. The van der Waals surface area contributed by atoms with E-state index in [1.165, 1.54) is 17.0 Å². The summed E-state index contributed by atoms with van der Waals surface area (Å²) < 4.78 is 0. The van der Waals surface area contributed by atoms with Crippen LogP contribution in [0.1, 0.15) is 24.2 Å². The second-order valence-corrected chi connectivity index (χ2v) is 8.30. The number of aliphatic hydroxyl groups excluding tert-OH is 1. The van der Waals surface area contributed by atoms with Crippen molar-refractivity contribution in [3.63, 3.8) is 0 Å². The van der Waals surface area contributed by atoms with Gasteiger partial charge in [0, 0.05) is 19.8 Å². The quantitative estimate of drug-likeness (QED) is 0.387. The Hall–Kier alpha value is -3.85. The summed E-state index contributed by atoms with van der Waals surface area (Å²) in [7, 11) is 3.12. The van der Waals surface area contributed by atoms with Gasteiger partial charge in [0.15, 0.2) is 11.9 Å². The topological polar surface area (TPSA) is 131 Å². The van der Waals surface area contributed by atoms with E-state index < -0.39 is 23.8 Å². The van der Waals surface area contributed by atoms with Crippen molar-refractivity contribution >= 4 is 29.0 Å². The number of aromatic hydroxyl groups is 1. The van der Waals surface area contributed by atoms with Crippen LogP contribution in [0.4, 0.5) is 11.4 Å². The lowest BCUT2D eigenvalue weighted by Crippen LogP contribution is -2.53. The van der Waals surface area contributed by atoms with Crippen molar-refractivity contribution in [3.05, 3.63) is 65.5 Å². The highest BCUT2D eigenvalue weighted by molar-refractivity contribution is 6.11. The average Bonchev–Trinajstić information content (AvgIpc) is 2.79. The zero-order chi connectivity index (χ0) is 24.3. The van der Waals surface area contributed by atoms with Crippen LogP contribution >= 0.6 is 0 Å². The number of ketones is 1. The van der Waals surface area contributed by atoms with Crippen LogP contribution in [-0.2, 0) is 9.59 Å². The number of aliphatic hydroxyl groups is 1. The number of phenols is 1. The van der Waals surface area contributed by atoms with Crippen molar-refractivity contribution in [3.8, 4) is 5.75 Å². The number of benzene rings is 2. The molecule has 0 aliphatic heterocycles. The fourth-order valence-corrected chi connectivity index (χ4v) is 3.38. The number of phenolic OH excluding ortho intramolecular Hbond substituents is 1. The highest BCUT2D eigenvalue weighted by Crippen LogP contribution is 2.33. The molecule has 0 aromatic heterocycles. The number of anilines is 2. The molecule has 1 aliphatic carbocycles. The number of para-hydroxylation sites is 2. The van der Waals surface area contributed by atoms with Gasteiger partial charge in [-0.3, -0.25) is 14.4 Å². The van der Waals surface area contributed by atoms with Crippen molar-refractivity contribution in [1.82, 2.24) is 10.2 Å². The molecule has 3 rings (SSSR count). The zero-order valence-corrected chi connectivity index (χ0v) is 18.9. The number of hydrogen-bond acceptors (Lipinski definition) is 7. The molecule has 0 fully saturated rings. The molecule has 2 atom stereocenters. The second-order valence-electron chi connectivity index (χ2n) is 8.30. The van der Waals surface area contributed by atoms with E-state index in [2.05, 4.69) is 16.0 Å². The minimum atomic E-state index is -1.42. The molecular weight excluding hydrogens is 424 g/mol. The summed E-state index contributed by atoms with van der Waals surface area (Å²) in [6.45, 7) is 3.68. The standard InChI is InChI=1S/C24H28N4O5/c1-13(2)17(23(32)25-14-9-6-5-7-10-14)27-19-18(21(30)22(19)31)26-16-12-8-11-15(20(16)29)24(33)28(3)4/h5-13,17,22,26-27,29,31H,1-4H3,(H,25,32). The van der Waals surface area contributed by atoms with Crippen LogP contribution in [0.3, 0.4) is 0 Å². The van der Waals surface area contributed by atoms with Gasteiger partial charge in [-0.2, -0.15) is 0 Å². The Morgan fingerprint density at radius 2 is 1.70 bits per heavy atom. The van der Waals surface area contributed by atoms with E-state index in [0.717, 1.165) is 0 Å². The fourth-order valence-electron chi connectivity index (χ4n) is 3.38. The lowest BCUT2D eigenvalue weighted by molar-refractivity contribution is -0.125. The number of nitrogens with one attached hydrogen (secondary N) is 3. The maximum atomic E-state index is 12.9. The molecule has 0 heterocycles. The molecule has 2 aromatic carbocycles. The second kappa shape index (κ2) is 9.74. The lowest BCUT2D eigenvalue weighted by Gasteiger charge is -2.33. The van der Waals surface area contributed by atoms with Gasteiger partial charge < -0.3 is 31.1 Å². The first kappa shape index (κ1) is 23.8. The van der Waals surface area contributed by atoms with Crippen molar-refractivity contribution in [1.29, 1.82) is 0 Å². The molecule has 0 saturated carbocycles. The fraction of sp³-hybridized carbons (Fsp3) is 0.292. The summed E-state index contributed by atoms with van der Waals surface area (Å²) in [5.41, 5.74) is 0.984. The van der Waals surface area contributed by atoms with Gasteiger partial charge in [-0.15, -0.1) is 0 Å². The van der Waals surface area contributed by atoms with Gasteiger partial charge in [-0.25, -0.2) is 0 Å². The molecule has 1 aliphatic rings. The summed E-state index contributed by atoms with van der Waals surface area (Å²) in [6, 6.07) is 12.8. The third kappa shape index (κ3) is 4.98. The van der Waals surface area contributed by atoms with Gasteiger partial charge in [-0.1, -0.05) is 38.1 Å². The van der Waals surface area contributed by atoms with Gasteiger partial charge in [0.05, 0.1) is 16.9 Å². The van der Waals surface area contributed by atoms with Crippen molar-refractivity contribution in [2.24, 2.45) is 5.92 Å². The van der Waals surface area contributed by atoms with Crippen molar-refractivity contribution in [2.75, 3.05) is 24.7 Å². The lowest BCUT2D eigenvalue weighted by atomic mass is 9.92. The van der Waals surface area contributed by atoms with Crippen LogP contribution in [0.15, 0.2) is 59.9 Å². The SMILES string of the molecule is CC(C)C(NC1=C(Nc2cccc(C(=O)N(C)C)c2O)C(=O)C1O)C(=O)Nc1ccccc1. The van der Waals surface area contributed by atoms with Gasteiger partial charge >= 0.3 is 0 Å². The Morgan fingerprint density at radius 3 is 2.30 bits per heavy atom. The molecule has 5 N–H and O–H groups in total. The third-order valence-electron chi connectivity index (χ3n) is 5.27. The van der Waals surface area contributed by atoms with Crippen LogP contribution in [0.25, 0.3) is 0 Å². The maximum Gasteiger partial charge on any atom is 0.257 e. The normalized spacial score (nSPS) is 16.2. The summed E-state index contributed by atoms with van der Waals surface area (Å²) >= 11 is 0. The number of Topliss-reactive ketones (excluding diaryl/α,β-unsaturated/α-hetero) is 1. The van der Waals surface area contributed by atoms with E-state index in [4.69, 9.17) is 0 Å². The summed E-state index contributed by atoms with van der Waals surface area (Å²) in [5.74, 6) is -1.80. The first-order chi connectivity index (χ1) is 15.6. The van der Waals surface area contributed by atoms with Crippen molar-refractivity contribution in [2.45, 2.75) is 26.0 Å². The molecule has 174 valence electrons. The molecule has 0 spiro atoms. The van der Waals surface area contributed by atoms with Gasteiger partial charge in [0.25, 0.3) is 5.91 Å². The molecule has 9 nitrogen and oxygen atoms in total. The summed E-state index contributed by atoms with van der Waals surface area (Å²) in [6.07, 6.45) is -1.42. The zero-order valence-electron chi connectivity index (χ0n) is 18.9. The molecule has 9 heteroatoms. The third-order valence-corrected chi connectivity index (χ3v) is 5.27. The number of rotatable bonds is 8. The molecular formula is C24H28N4O5. The molecule has 0 radical (unpaired) electrons. The minimum absolute atomic E-state index is 0.0189. The van der Waals surface area contributed by atoms with E-state index in [9.17, 15) is 24.6 Å². The smallest absolute Gasteiger partial charge is 0.257 e. The number of carbonyl (C=O) groups excluding carboxylic acids is 3. The Bertz CT molecular complexity index is 1100. The Labute approximate surface area is 192 Å². The van der Waals surface area contributed by atoms with E-state index in [0.29, 0.717) is 5.69 Å². The van der Waals surface area contributed by atoms with E-state index in [1.807, 2.05) is 19.9 Å². The molecule has 2 amide bonds. The van der Waals surface area contributed by atoms with Crippen LogP contribution in [0.5, 0.6) is 5.75 Å². The number of nitrogens with zero attached hydrogens (tertiary/aromatic N) is 1. The monoisotopic (exact) mass is 452 g/mol. The van der Waals surface area contributed by atoms with E-state index >= 15 is 0 Å². The minimum Gasteiger partial charge on any atom is -0.505 e. The first-order valence-corrected chi connectivity index (χ1v) is 10.5. The van der Waals surface area contributed by atoms with Crippen LogP contribution < -0.4 is 16.0 Å². The number of carbonyl (C=O) groups is 3. The van der Waals surface area contributed by atoms with E-state index in [1.54, 1.807) is 44.4 Å². The van der Waals surface area contributed by atoms with Gasteiger partial charge in [0.1, 0.15) is 11.7 Å². The largest absolute Gasteiger partial charge is 0.505 e. The summed E-state index contributed by atoms with van der Waals surface area (Å²) in [5, 5.41) is 29.4. The van der Waals surface area contributed by atoms with Crippen LogP contribution in [0, 0.1) is 5.92 Å². The van der Waals surface area contributed by atoms with Gasteiger partial charge in [-0.05, 0) is 30.2 Å². The molecule has 2 unspecified atom stereocenters. The highest BCUT2D eigenvalue weighted by atomic mass is 16.3. The average molecular weight is 453 g/mol. The number of hydrogen-bond donors (Lipinski definition) is 5. The van der Waals surface area contributed by atoms with E-state index in [-0.39, 0.29) is 40.2 Å². The highest BCUT2D eigenvalue weighted by Gasteiger charge is 2.41. The van der Waals surface area contributed by atoms with Gasteiger partial charge in [0.2, 0.25) is 11.7 Å². The Balaban J connectivity index is 1.85. The Morgan fingerprint density at radius 1 is 1.03 bits per heavy atom. The Kier molecular flexibility index (Phi) is 7.03. The first-order valence-electron chi connectivity index (χ1n) is 10.5. The molecule has 0 bridgehead atoms. The number of amides is 2. The molecule has 0 saturated heterocycles.